The van der Waals surface area contributed by atoms with Crippen LogP contribution >= 0.6 is 34.1 Å². The van der Waals surface area contributed by atoms with Crippen molar-refractivity contribution in [1.82, 2.24) is 14.2 Å². The van der Waals surface area contributed by atoms with Crippen LogP contribution in [0, 0.1) is 3.57 Å². The van der Waals surface area contributed by atoms with Crippen molar-refractivity contribution in [3.63, 3.8) is 0 Å². The van der Waals surface area contributed by atoms with E-state index in [0.29, 0.717) is 0 Å². The van der Waals surface area contributed by atoms with E-state index in [0.717, 1.165) is 19.5 Å². The van der Waals surface area contributed by atoms with Crippen molar-refractivity contribution in [2.75, 3.05) is 0 Å². The molecule has 0 aliphatic heterocycles. The van der Waals surface area contributed by atoms with Crippen molar-refractivity contribution in [1.29, 1.82) is 0 Å². The van der Waals surface area contributed by atoms with Crippen LogP contribution in [0.2, 0.25) is 0 Å². The Morgan fingerprint density at radius 3 is 2.93 bits per heavy atom. The summed E-state index contributed by atoms with van der Waals surface area (Å²) in [6, 6.07) is 8.11. The SMILES string of the molecule is Ic1cnn(-c2snc3ccccc23)c1. The molecule has 0 aliphatic rings. The van der Waals surface area contributed by atoms with Crippen molar-refractivity contribution in [3.8, 4) is 5.00 Å². The Hall–Kier alpha value is -0.950. The van der Waals surface area contributed by atoms with Gasteiger partial charge in [-0.15, -0.1) is 0 Å². The maximum absolute atomic E-state index is 4.38. The van der Waals surface area contributed by atoms with Crippen LogP contribution in [0.15, 0.2) is 36.7 Å². The zero-order chi connectivity index (χ0) is 10.3. The van der Waals surface area contributed by atoms with Crippen molar-refractivity contribution in [2.24, 2.45) is 0 Å². The first kappa shape index (κ1) is 9.29. The van der Waals surface area contributed by atoms with Crippen LogP contribution in [0.1, 0.15) is 0 Å². The molecule has 0 saturated carbocycles. The second-order valence-corrected chi connectivity index (χ2v) is 5.11. The first-order chi connectivity index (χ1) is 7.34. The first-order valence-corrected chi connectivity index (χ1v) is 6.25. The van der Waals surface area contributed by atoms with Crippen molar-refractivity contribution >= 4 is 45.0 Å². The fourth-order valence-corrected chi connectivity index (χ4v) is 2.64. The molecule has 0 amide bonds. The molecule has 0 radical (unpaired) electrons. The predicted molar refractivity (Wildman–Crippen MR) is 69.5 cm³/mol. The van der Waals surface area contributed by atoms with Crippen LogP contribution in [0.5, 0.6) is 0 Å². The van der Waals surface area contributed by atoms with Gasteiger partial charge in [0.15, 0.2) is 0 Å². The molecule has 2 aromatic heterocycles. The Morgan fingerprint density at radius 2 is 2.13 bits per heavy atom. The summed E-state index contributed by atoms with van der Waals surface area (Å²) < 4.78 is 7.39. The van der Waals surface area contributed by atoms with E-state index in [-0.39, 0.29) is 0 Å². The second kappa shape index (κ2) is 3.57. The topological polar surface area (TPSA) is 30.7 Å². The highest BCUT2D eigenvalue weighted by Crippen LogP contribution is 2.25. The van der Waals surface area contributed by atoms with Crippen molar-refractivity contribution in [2.45, 2.75) is 0 Å². The summed E-state index contributed by atoms with van der Waals surface area (Å²) in [4.78, 5) is 0. The van der Waals surface area contributed by atoms with E-state index in [2.05, 4.69) is 38.1 Å². The van der Waals surface area contributed by atoms with Crippen LogP contribution in [0.3, 0.4) is 0 Å². The molecule has 15 heavy (non-hydrogen) atoms. The van der Waals surface area contributed by atoms with E-state index in [1.54, 1.807) is 0 Å². The summed E-state index contributed by atoms with van der Waals surface area (Å²) in [6.07, 6.45) is 3.84. The van der Waals surface area contributed by atoms with E-state index in [1.165, 1.54) is 11.5 Å². The molecule has 0 saturated heterocycles. The molecule has 0 fully saturated rings. The molecule has 3 aromatic rings. The highest BCUT2D eigenvalue weighted by Gasteiger charge is 2.07. The Labute approximate surface area is 104 Å². The highest BCUT2D eigenvalue weighted by atomic mass is 127. The van der Waals surface area contributed by atoms with Crippen molar-refractivity contribution < 1.29 is 0 Å². The maximum atomic E-state index is 4.38. The Bertz CT molecular complexity index is 614. The largest absolute Gasteiger partial charge is 0.228 e. The minimum Gasteiger partial charge on any atom is -0.228 e. The van der Waals surface area contributed by atoms with Gasteiger partial charge in [-0.1, -0.05) is 12.1 Å². The minimum absolute atomic E-state index is 1.03. The number of hydrogen-bond donors (Lipinski definition) is 0. The quantitative estimate of drug-likeness (QED) is 0.643. The maximum Gasteiger partial charge on any atom is 0.145 e. The molecule has 1 aromatic carbocycles. The second-order valence-electron chi connectivity index (χ2n) is 3.11. The molecular formula is C10H6IN3S. The average molecular weight is 327 g/mol. The number of rotatable bonds is 1. The smallest absolute Gasteiger partial charge is 0.145 e. The summed E-state index contributed by atoms with van der Waals surface area (Å²) >= 11 is 3.73. The molecular weight excluding hydrogens is 321 g/mol. The number of benzene rings is 1. The summed E-state index contributed by atoms with van der Waals surface area (Å²) in [7, 11) is 0. The van der Waals surface area contributed by atoms with E-state index < -0.39 is 0 Å². The van der Waals surface area contributed by atoms with E-state index in [1.807, 2.05) is 35.3 Å². The van der Waals surface area contributed by atoms with Gasteiger partial charge >= 0.3 is 0 Å². The summed E-state index contributed by atoms with van der Waals surface area (Å²) in [5.74, 6) is 0. The Morgan fingerprint density at radius 1 is 1.27 bits per heavy atom. The van der Waals surface area contributed by atoms with Gasteiger partial charge < -0.3 is 0 Å². The fourth-order valence-electron chi connectivity index (χ4n) is 1.45. The fraction of sp³-hybridized carbons (Fsp3) is 0. The van der Waals surface area contributed by atoms with E-state index >= 15 is 0 Å². The van der Waals surface area contributed by atoms with Crippen LogP contribution < -0.4 is 0 Å². The van der Waals surface area contributed by atoms with Gasteiger partial charge in [-0.25, -0.2) is 4.68 Å². The standard InChI is InChI=1S/C10H6IN3S/c11-7-5-12-14(6-7)10-8-3-1-2-4-9(8)13-15-10/h1-6H. The summed E-state index contributed by atoms with van der Waals surface area (Å²) in [5.41, 5.74) is 1.03. The zero-order valence-electron chi connectivity index (χ0n) is 7.59. The van der Waals surface area contributed by atoms with Crippen LogP contribution in [-0.4, -0.2) is 14.2 Å². The third-order valence-electron chi connectivity index (χ3n) is 2.12. The summed E-state index contributed by atoms with van der Waals surface area (Å²) in [5, 5.41) is 6.52. The number of halogens is 1. The molecule has 3 rings (SSSR count). The zero-order valence-corrected chi connectivity index (χ0v) is 10.6. The number of aromatic nitrogens is 3. The molecule has 0 unspecified atom stereocenters. The monoisotopic (exact) mass is 327 g/mol. The van der Waals surface area contributed by atoms with Gasteiger partial charge in [0.05, 0.1) is 15.3 Å². The lowest BCUT2D eigenvalue weighted by atomic mass is 10.2. The van der Waals surface area contributed by atoms with Gasteiger partial charge in [0, 0.05) is 11.6 Å². The predicted octanol–water partition coefficient (Wildman–Crippen LogP) is 3.09. The summed E-state index contributed by atoms with van der Waals surface area (Å²) in [6.45, 7) is 0. The Kier molecular flexibility index (Phi) is 2.21. The van der Waals surface area contributed by atoms with Crippen molar-refractivity contribution in [3.05, 3.63) is 40.2 Å². The van der Waals surface area contributed by atoms with Gasteiger partial charge in [0.25, 0.3) is 0 Å². The van der Waals surface area contributed by atoms with Crippen LogP contribution in [0.25, 0.3) is 15.9 Å². The Balaban J connectivity index is 2.27. The van der Waals surface area contributed by atoms with E-state index in [4.69, 9.17) is 0 Å². The number of hydrogen-bond acceptors (Lipinski definition) is 3. The third-order valence-corrected chi connectivity index (χ3v) is 3.55. The molecule has 0 bridgehead atoms. The van der Waals surface area contributed by atoms with Gasteiger partial charge in [-0.05, 0) is 46.3 Å². The number of fused-ring (bicyclic) bond motifs is 1. The lowest BCUT2D eigenvalue weighted by molar-refractivity contribution is 0.903. The molecule has 0 N–H and O–H groups in total. The highest BCUT2D eigenvalue weighted by molar-refractivity contribution is 14.1. The molecule has 0 atom stereocenters. The first-order valence-electron chi connectivity index (χ1n) is 4.39. The molecule has 74 valence electrons. The van der Waals surface area contributed by atoms with E-state index in [9.17, 15) is 0 Å². The molecule has 2 heterocycles. The van der Waals surface area contributed by atoms with Crippen LogP contribution in [-0.2, 0) is 0 Å². The minimum atomic E-state index is 1.03. The molecule has 0 spiro atoms. The van der Waals surface area contributed by atoms with Gasteiger partial charge in [-0.2, -0.15) is 9.47 Å². The van der Waals surface area contributed by atoms with Crippen LogP contribution in [0.4, 0.5) is 0 Å². The third kappa shape index (κ3) is 1.55. The average Bonchev–Trinajstić information content (AvgIpc) is 2.83. The van der Waals surface area contributed by atoms with Gasteiger partial charge in [0.1, 0.15) is 5.00 Å². The molecule has 5 heteroatoms. The molecule has 3 nitrogen and oxygen atoms in total. The number of nitrogens with zero attached hydrogens (tertiary/aromatic N) is 3. The molecule has 0 aliphatic carbocycles. The lowest BCUT2D eigenvalue weighted by Crippen LogP contribution is -1.90. The van der Waals surface area contributed by atoms with Gasteiger partial charge in [0.2, 0.25) is 0 Å². The normalized spacial score (nSPS) is 11.0. The lowest BCUT2D eigenvalue weighted by Gasteiger charge is -1.95. The van der Waals surface area contributed by atoms with Gasteiger partial charge in [-0.3, -0.25) is 0 Å².